The van der Waals surface area contributed by atoms with Gasteiger partial charge in [-0.25, -0.2) is 9.59 Å². The first-order valence-electron chi connectivity index (χ1n) is 12.7. The Labute approximate surface area is 222 Å². The van der Waals surface area contributed by atoms with E-state index in [0.717, 1.165) is 22.3 Å². The van der Waals surface area contributed by atoms with Crippen LogP contribution in [0, 0.1) is 0 Å². The molecule has 2 atom stereocenters. The lowest BCUT2D eigenvalue weighted by Crippen LogP contribution is -2.52. The molecule has 3 rings (SSSR count). The van der Waals surface area contributed by atoms with Gasteiger partial charge in [-0.1, -0.05) is 48.5 Å². The van der Waals surface area contributed by atoms with Crippen LogP contribution in [-0.2, 0) is 14.3 Å². The van der Waals surface area contributed by atoms with E-state index in [1.807, 2.05) is 36.4 Å². The van der Waals surface area contributed by atoms with Crippen LogP contribution >= 0.6 is 0 Å². The molecule has 1 aliphatic rings. The Morgan fingerprint density at radius 1 is 0.921 bits per heavy atom. The van der Waals surface area contributed by atoms with Crippen molar-refractivity contribution in [3.05, 3.63) is 59.7 Å². The van der Waals surface area contributed by atoms with E-state index in [-0.39, 0.29) is 32.2 Å². The quantitative estimate of drug-likeness (QED) is 0.212. The Balaban J connectivity index is 0.000000432. The number of amides is 1. The summed E-state index contributed by atoms with van der Waals surface area (Å²) in [6.45, 7) is 1.67. The number of hydrogen-bond acceptors (Lipinski definition) is 7. The highest BCUT2D eigenvalue weighted by Gasteiger charge is 2.35. The van der Waals surface area contributed by atoms with Gasteiger partial charge in [-0.15, -0.1) is 0 Å². The SMILES string of the molecule is C[C@@](CCCCO)(NC(=O)OCC1c2ccccc2-c2ccccc21)C(=O)O.N[C@@H](CCCCO)C(=O)O. The molecule has 10 heteroatoms. The van der Waals surface area contributed by atoms with Crippen molar-refractivity contribution in [2.24, 2.45) is 5.73 Å². The number of carbonyl (C=O) groups is 3. The van der Waals surface area contributed by atoms with Crippen LogP contribution < -0.4 is 11.1 Å². The van der Waals surface area contributed by atoms with E-state index in [1.165, 1.54) is 6.92 Å². The smallest absolute Gasteiger partial charge is 0.408 e. The predicted octanol–water partition coefficient (Wildman–Crippen LogP) is 3.09. The molecule has 10 nitrogen and oxygen atoms in total. The Bertz CT molecular complexity index is 1030. The number of fused-ring (bicyclic) bond motifs is 3. The number of ether oxygens (including phenoxy) is 1. The van der Waals surface area contributed by atoms with Crippen molar-refractivity contribution in [1.29, 1.82) is 0 Å². The van der Waals surface area contributed by atoms with Gasteiger partial charge >= 0.3 is 18.0 Å². The number of nitrogens with one attached hydrogen (secondary N) is 1. The minimum atomic E-state index is -1.43. The second kappa shape index (κ2) is 15.1. The van der Waals surface area contributed by atoms with E-state index >= 15 is 0 Å². The third-order valence-corrected chi connectivity index (χ3v) is 6.52. The summed E-state index contributed by atoms with van der Waals surface area (Å²) < 4.78 is 5.43. The van der Waals surface area contributed by atoms with Gasteiger partial charge in [-0.3, -0.25) is 4.79 Å². The van der Waals surface area contributed by atoms with E-state index in [1.54, 1.807) is 0 Å². The molecular formula is C28H38N2O8. The normalized spacial score (nSPS) is 14.2. The molecule has 0 saturated heterocycles. The number of unbranched alkanes of at least 4 members (excludes halogenated alkanes) is 2. The number of hydrogen-bond donors (Lipinski definition) is 6. The number of aliphatic hydroxyl groups excluding tert-OH is 2. The molecule has 0 saturated carbocycles. The van der Waals surface area contributed by atoms with Gasteiger partial charge in [0.2, 0.25) is 0 Å². The Hall–Kier alpha value is -3.47. The topological polar surface area (TPSA) is 179 Å². The standard InChI is InChI=1S/C22H25NO5.C6H13NO3/c1-22(20(25)26,12-6-7-13-24)23-21(27)28-14-19-17-10-4-2-8-15(17)16-9-3-5-11-18(16)19;7-5(6(9)10)3-1-2-4-8/h2-5,8-11,19,24H,6-7,12-14H2,1H3,(H,23,27)(H,25,26);5,8H,1-4,7H2,(H,9,10)/t22-;5-/m00/s1. The lowest BCUT2D eigenvalue weighted by atomic mass is 9.95. The number of aliphatic hydroxyl groups is 2. The molecule has 7 N–H and O–H groups in total. The summed E-state index contributed by atoms with van der Waals surface area (Å²) in [5, 5.41) is 37.5. The highest BCUT2D eigenvalue weighted by molar-refractivity contribution is 5.84. The maximum Gasteiger partial charge on any atom is 0.408 e. The molecule has 0 heterocycles. The first-order valence-corrected chi connectivity index (χ1v) is 12.7. The summed E-state index contributed by atoms with van der Waals surface area (Å²) in [5.41, 5.74) is 8.20. The third kappa shape index (κ3) is 8.54. The summed E-state index contributed by atoms with van der Waals surface area (Å²) >= 11 is 0. The van der Waals surface area contributed by atoms with E-state index in [0.29, 0.717) is 32.1 Å². The first-order chi connectivity index (χ1) is 18.1. The van der Waals surface area contributed by atoms with Crippen LogP contribution in [0.2, 0.25) is 0 Å². The fraction of sp³-hybridized carbons (Fsp3) is 0.464. The largest absolute Gasteiger partial charge is 0.480 e. The molecule has 0 aliphatic heterocycles. The summed E-state index contributed by atoms with van der Waals surface area (Å²) in [6.07, 6.45) is 2.17. The van der Waals surface area contributed by atoms with Gasteiger partial charge in [0.1, 0.15) is 18.2 Å². The van der Waals surface area contributed by atoms with Crippen molar-refractivity contribution in [3.63, 3.8) is 0 Å². The average Bonchev–Trinajstić information content (AvgIpc) is 3.21. The van der Waals surface area contributed by atoms with Crippen LogP contribution in [0.3, 0.4) is 0 Å². The second-order valence-electron chi connectivity index (χ2n) is 9.43. The zero-order chi connectivity index (χ0) is 28.1. The molecule has 2 aromatic rings. The van der Waals surface area contributed by atoms with Crippen molar-refractivity contribution >= 4 is 18.0 Å². The summed E-state index contributed by atoms with van der Waals surface area (Å²) in [4.78, 5) is 34.0. The summed E-state index contributed by atoms with van der Waals surface area (Å²) in [7, 11) is 0. The number of carbonyl (C=O) groups excluding carboxylic acids is 1. The molecular weight excluding hydrogens is 492 g/mol. The minimum absolute atomic E-state index is 0.0133. The van der Waals surface area contributed by atoms with Crippen molar-refractivity contribution < 1.29 is 39.5 Å². The Morgan fingerprint density at radius 3 is 1.95 bits per heavy atom. The van der Waals surface area contributed by atoms with E-state index in [9.17, 15) is 19.5 Å². The predicted molar refractivity (Wildman–Crippen MR) is 142 cm³/mol. The fourth-order valence-corrected chi connectivity index (χ4v) is 4.27. The Morgan fingerprint density at radius 2 is 1.45 bits per heavy atom. The van der Waals surface area contributed by atoms with Gasteiger partial charge in [0.25, 0.3) is 0 Å². The molecule has 0 radical (unpaired) electrons. The van der Waals surface area contributed by atoms with E-state index in [4.69, 9.17) is 25.8 Å². The van der Waals surface area contributed by atoms with Crippen LogP contribution in [0.4, 0.5) is 4.79 Å². The number of nitrogens with two attached hydrogens (primary N) is 1. The van der Waals surface area contributed by atoms with E-state index < -0.39 is 29.6 Å². The van der Waals surface area contributed by atoms with Gasteiger partial charge in [0.05, 0.1) is 0 Å². The lowest BCUT2D eigenvalue weighted by Gasteiger charge is -2.26. The minimum Gasteiger partial charge on any atom is -0.480 e. The summed E-state index contributed by atoms with van der Waals surface area (Å²) in [6, 6.07) is 15.3. The third-order valence-electron chi connectivity index (χ3n) is 6.52. The van der Waals surface area contributed by atoms with Crippen LogP contribution in [0.5, 0.6) is 0 Å². The van der Waals surface area contributed by atoms with Gasteiger partial charge in [0.15, 0.2) is 0 Å². The zero-order valence-electron chi connectivity index (χ0n) is 21.6. The van der Waals surface area contributed by atoms with Crippen molar-refractivity contribution in [2.45, 2.75) is 62.9 Å². The Kier molecular flexibility index (Phi) is 12.2. The van der Waals surface area contributed by atoms with Crippen molar-refractivity contribution in [2.75, 3.05) is 19.8 Å². The monoisotopic (exact) mass is 530 g/mol. The van der Waals surface area contributed by atoms with Crippen LogP contribution in [-0.4, -0.2) is 69.9 Å². The number of carboxylic acids is 2. The molecule has 0 fully saturated rings. The highest BCUT2D eigenvalue weighted by Crippen LogP contribution is 2.44. The molecule has 38 heavy (non-hydrogen) atoms. The molecule has 0 bridgehead atoms. The number of rotatable bonds is 13. The van der Waals surface area contributed by atoms with Gasteiger partial charge in [0, 0.05) is 19.1 Å². The average molecular weight is 531 g/mol. The number of aliphatic carboxylic acids is 2. The molecule has 1 amide bonds. The lowest BCUT2D eigenvalue weighted by molar-refractivity contribution is -0.144. The molecule has 0 unspecified atom stereocenters. The zero-order valence-corrected chi connectivity index (χ0v) is 21.6. The molecule has 0 aromatic heterocycles. The molecule has 2 aromatic carbocycles. The highest BCUT2D eigenvalue weighted by atomic mass is 16.5. The number of carboxylic acid groups (broad SMARTS) is 2. The maximum absolute atomic E-state index is 12.3. The van der Waals surface area contributed by atoms with Crippen LogP contribution in [0.25, 0.3) is 11.1 Å². The number of alkyl carbamates (subject to hydrolysis) is 1. The van der Waals surface area contributed by atoms with Crippen molar-refractivity contribution in [1.82, 2.24) is 5.32 Å². The van der Waals surface area contributed by atoms with E-state index in [2.05, 4.69) is 17.4 Å². The van der Waals surface area contributed by atoms with Gasteiger partial charge < -0.3 is 36.2 Å². The fourth-order valence-electron chi connectivity index (χ4n) is 4.27. The van der Waals surface area contributed by atoms with Crippen LogP contribution in [0.15, 0.2) is 48.5 Å². The van der Waals surface area contributed by atoms with Crippen LogP contribution in [0.1, 0.15) is 62.5 Å². The van der Waals surface area contributed by atoms with Gasteiger partial charge in [-0.05, 0) is 67.7 Å². The summed E-state index contributed by atoms with van der Waals surface area (Å²) in [5.74, 6) is -2.18. The molecule has 1 aliphatic carbocycles. The number of benzene rings is 2. The maximum atomic E-state index is 12.3. The van der Waals surface area contributed by atoms with Crippen molar-refractivity contribution in [3.8, 4) is 11.1 Å². The van der Waals surface area contributed by atoms with Gasteiger partial charge in [-0.2, -0.15) is 0 Å². The molecule has 0 spiro atoms. The second-order valence-corrected chi connectivity index (χ2v) is 9.43. The molecule has 208 valence electrons. The first kappa shape index (κ1) is 30.8.